The Kier molecular flexibility index (Phi) is 4.41. The van der Waals surface area contributed by atoms with Crippen LogP contribution < -0.4 is 5.32 Å². The molecule has 4 rings (SSSR count). The van der Waals surface area contributed by atoms with Crippen LogP contribution in [0.3, 0.4) is 0 Å². The number of aromatic amines is 1. The van der Waals surface area contributed by atoms with E-state index in [1.54, 1.807) is 36.5 Å². The molecule has 0 amide bonds. The SMILES string of the molecule is O=C(O)C(Cc1c[nH]c2cc(F)ccc12)Nc1ccc2cc(Cl)ccc2n1. The fourth-order valence-corrected chi connectivity index (χ4v) is 3.28. The summed E-state index contributed by atoms with van der Waals surface area (Å²) in [5.74, 6) is -0.878. The van der Waals surface area contributed by atoms with Crippen molar-refractivity contribution >= 4 is 45.2 Å². The number of carboxylic acids is 1. The average Bonchev–Trinajstić information content (AvgIpc) is 3.03. The third kappa shape index (κ3) is 3.57. The molecule has 5 nitrogen and oxygen atoms in total. The molecule has 2 heterocycles. The number of aliphatic carboxylic acids is 1. The maximum Gasteiger partial charge on any atom is 0.326 e. The van der Waals surface area contributed by atoms with Crippen LogP contribution in [0.2, 0.25) is 5.02 Å². The number of anilines is 1. The second-order valence-corrected chi connectivity index (χ2v) is 6.71. The molecule has 2 aromatic heterocycles. The summed E-state index contributed by atoms with van der Waals surface area (Å²) in [6, 6.07) is 12.4. The summed E-state index contributed by atoms with van der Waals surface area (Å²) < 4.78 is 13.3. The van der Waals surface area contributed by atoms with E-state index >= 15 is 0 Å². The van der Waals surface area contributed by atoms with Gasteiger partial charge in [0, 0.05) is 33.9 Å². The van der Waals surface area contributed by atoms with Crippen LogP contribution in [0.15, 0.2) is 54.7 Å². The van der Waals surface area contributed by atoms with Gasteiger partial charge in [0.15, 0.2) is 0 Å². The van der Waals surface area contributed by atoms with Crippen LogP contribution in [-0.2, 0) is 11.2 Å². The standard InChI is InChI=1S/C20H15ClFN3O2/c21-13-2-5-16-11(7-13)1-6-19(24-16)25-18(20(26)27)8-12-10-23-17-9-14(22)3-4-15(12)17/h1-7,9-10,18,23H,8H2,(H,24,25)(H,26,27). The van der Waals surface area contributed by atoms with E-state index < -0.39 is 12.0 Å². The van der Waals surface area contributed by atoms with E-state index in [-0.39, 0.29) is 12.2 Å². The Balaban J connectivity index is 1.61. The highest BCUT2D eigenvalue weighted by Gasteiger charge is 2.20. The normalized spacial score (nSPS) is 12.4. The van der Waals surface area contributed by atoms with Gasteiger partial charge in [-0.25, -0.2) is 14.2 Å². The van der Waals surface area contributed by atoms with Gasteiger partial charge in [0.1, 0.15) is 17.7 Å². The van der Waals surface area contributed by atoms with Gasteiger partial charge >= 0.3 is 5.97 Å². The number of fused-ring (bicyclic) bond motifs is 2. The molecule has 0 aliphatic carbocycles. The molecular formula is C20H15ClFN3O2. The Bertz CT molecular complexity index is 1160. The summed E-state index contributed by atoms with van der Waals surface area (Å²) >= 11 is 5.97. The molecule has 3 N–H and O–H groups in total. The van der Waals surface area contributed by atoms with Crippen molar-refractivity contribution in [2.45, 2.75) is 12.5 Å². The second-order valence-electron chi connectivity index (χ2n) is 6.28. The molecule has 1 unspecified atom stereocenters. The first-order valence-electron chi connectivity index (χ1n) is 8.31. The quantitative estimate of drug-likeness (QED) is 0.470. The van der Waals surface area contributed by atoms with Crippen LogP contribution in [0.1, 0.15) is 5.56 Å². The van der Waals surface area contributed by atoms with Gasteiger partial charge in [-0.1, -0.05) is 11.6 Å². The molecule has 2 aromatic carbocycles. The molecule has 0 saturated carbocycles. The first-order chi connectivity index (χ1) is 13.0. The molecule has 136 valence electrons. The van der Waals surface area contributed by atoms with Gasteiger partial charge < -0.3 is 15.4 Å². The lowest BCUT2D eigenvalue weighted by molar-refractivity contribution is -0.137. The lowest BCUT2D eigenvalue weighted by Gasteiger charge is -2.15. The average molecular weight is 384 g/mol. The van der Waals surface area contributed by atoms with Gasteiger partial charge in [-0.15, -0.1) is 0 Å². The van der Waals surface area contributed by atoms with Crippen molar-refractivity contribution in [1.29, 1.82) is 0 Å². The molecule has 0 fully saturated rings. The molecule has 27 heavy (non-hydrogen) atoms. The predicted molar refractivity (Wildman–Crippen MR) is 104 cm³/mol. The lowest BCUT2D eigenvalue weighted by atomic mass is 10.0. The minimum absolute atomic E-state index is 0.224. The number of nitrogens with one attached hydrogen (secondary N) is 2. The number of rotatable bonds is 5. The summed E-state index contributed by atoms with van der Waals surface area (Å²) in [5.41, 5.74) is 2.14. The van der Waals surface area contributed by atoms with Crippen molar-refractivity contribution in [3.8, 4) is 0 Å². The van der Waals surface area contributed by atoms with Crippen LogP contribution in [0.25, 0.3) is 21.8 Å². The van der Waals surface area contributed by atoms with Crippen molar-refractivity contribution < 1.29 is 14.3 Å². The van der Waals surface area contributed by atoms with E-state index in [2.05, 4.69) is 15.3 Å². The maximum atomic E-state index is 13.3. The van der Waals surface area contributed by atoms with E-state index in [0.29, 0.717) is 16.4 Å². The van der Waals surface area contributed by atoms with Crippen molar-refractivity contribution in [3.63, 3.8) is 0 Å². The third-order valence-corrected chi connectivity index (χ3v) is 4.66. The summed E-state index contributed by atoms with van der Waals surface area (Å²) in [7, 11) is 0. The highest BCUT2D eigenvalue weighted by Crippen LogP contribution is 2.23. The number of benzene rings is 2. The smallest absolute Gasteiger partial charge is 0.326 e. The van der Waals surface area contributed by atoms with E-state index in [0.717, 1.165) is 21.9 Å². The van der Waals surface area contributed by atoms with Crippen LogP contribution in [0.4, 0.5) is 10.2 Å². The zero-order chi connectivity index (χ0) is 19.0. The van der Waals surface area contributed by atoms with Crippen LogP contribution in [-0.4, -0.2) is 27.1 Å². The number of nitrogens with zero attached hydrogens (tertiary/aromatic N) is 1. The Labute approximate surface area is 158 Å². The van der Waals surface area contributed by atoms with Crippen molar-refractivity contribution in [3.05, 3.63) is 71.1 Å². The molecule has 0 radical (unpaired) electrons. The van der Waals surface area contributed by atoms with Crippen LogP contribution in [0, 0.1) is 5.82 Å². The zero-order valence-corrected chi connectivity index (χ0v) is 14.8. The van der Waals surface area contributed by atoms with Crippen molar-refractivity contribution in [2.75, 3.05) is 5.32 Å². The summed E-state index contributed by atoms with van der Waals surface area (Å²) in [6.45, 7) is 0. The molecular weight excluding hydrogens is 369 g/mol. The highest BCUT2D eigenvalue weighted by atomic mass is 35.5. The van der Waals surface area contributed by atoms with Crippen molar-refractivity contribution in [1.82, 2.24) is 9.97 Å². The molecule has 0 saturated heterocycles. The molecule has 1 atom stereocenters. The molecule has 0 spiro atoms. The minimum Gasteiger partial charge on any atom is -0.480 e. The number of aromatic nitrogens is 2. The van der Waals surface area contributed by atoms with Gasteiger partial charge in [-0.05, 0) is 54.1 Å². The Morgan fingerprint density at radius 2 is 2.07 bits per heavy atom. The Morgan fingerprint density at radius 1 is 1.22 bits per heavy atom. The first-order valence-corrected chi connectivity index (χ1v) is 8.68. The van der Waals surface area contributed by atoms with E-state index in [4.69, 9.17) is 11.6 Å². The van der Waals surface area contributed by atoms with E-state index in [9.17, 15) is 14.3 Å². The number of hydrogen-bond donors (Lipinski definition) is 3. The number of carbonyl (C=O) groups is 1. The largest absolute Gasteiger partial charge is 0.480 e. The minimum atomic E-state index is -0.996. The highest BCUT2D eigenvalue weighted by molar-refractivity contribution is 6.31. The fourth-order valence-electron chi connectivity index (χ4n) is 3.10. The Morgan fingerprint density at radius 3 is 2.89 bits per heavy atom. The predicted octanol–water partition coefficient (Wildman–Crippen LogP) is 4.62. The fraction of sp³-hybridized carbons (Fsp3) is 0.100. The van der Waals surface area contributed by atoms with Gasteiger partial charge in [0.25, 0.3) is 0 Å². The number of H-pyrrole nitrogens is 1. The summed E-state index contributed by atoms with van der Waals surface area (Å²) in [4.78, 5) is 19.2. The second kappa shape index (κ2) is 6.89. The Hall–Kier alpha value is -3.12. The summed E-state index contributed by atoms with van der Waals surface area (Å²) in [5, 5.41) is 14.9. The third-order valence-electron chi connectivity index (χ3n) is 4.42. The lowest BCUT2D eigenvalue weighted by Crippen LogP contribution is -2.31. The van der Waals surface area contributed by atoms with E-state index in [1.165, 1.54) is 12.1 Å². The van der Waals surface area contributed by atoms with Gasteiger partial charge in [0.2, 0.25) is 0 Å². The van der Waals surface area contributed by atoms with E-state index in [1.807, 2.05) is 6.07 Å². The monoisotopic (exact) mass is 383 g/mol. The summed E-state index contributed by atoms with van der Waals surface area (Å²) in [6.07, 6.45) is 1.93. The molecule has 0 bridgehead atoms. The number of halogens is 2. The van der Waals surface area contributed by atoms with Gasteiger partial charge in [-0.3, -0.25) is 0 Å². The van der Waals surface area contributed by atoms with Crippen LogP contribution in [0.5, 0.6) is 0 Å². The topological polar surface area (TPSA) is 78.0 Å². The van der Waals surface area contributed by atoms with Gasteiger partial charge in [-0.2, -0.15) is 0 Å². The molecule has 0 aliphatic rings. The van der Waals surface area contributed by atoms with Crippen LogP contribution >= 0.6 is 11.6 Å². The van der Waals surface area contributed by atoms with Gasteiger partial charge in [0.05, 0.1) is 5.52 Å². The number of hydrogen-bond acceptors (Lipinski definition) is 3. The molecule has 4 aromatic rings. The van der Waals surface area contributed by atoms with Crippen molar-refractivity contribution in [2.24, 2.45) is 0 Å². The zero-order valence-electron chi connectivity index (χ0n) is 14.0. The molecule has 0 aliphatic heterocycles. The maximum absolute atomic E-state index is 13.3. The first kappa shape index (κ1) is 17.3. The molecule has 7 heteroatoms. The number of carboxylic acid groups (broad SMARTS) is 1. The number of pyridine rings is 1.